The number of anilines is 4. The summed E-state index contributed by atoms with van der Waals surface area (Å²) in [4.78, 5) is 33.6. The third-order valence-electron chi connectivity index (χ3n) is 14.2. The predicted molar refractivity (Wildman–Crippen MR) is 259 cm³/mol. The smallest absolute Gasteiger partial charge is 0.240 e. The highest BCUT2D eigenvalue weighted by Crippen LogP contribution is 2.35. The first-order valence-corrected chi connectivity index (χ1v) is 26.3. The summed E-state index contributed by atoms with van der Waals surface area (Å²) in [6.07, 6.45) is 7.92. The average Bonchev–Trinajstić information content (AvgIpc) is 3.95. The van der Waals surface area contributed by atoms with Crippen molar-refractivity contribution in [2.45, 2.75) is 107 Å². The summed E-state index contributed by atoms with van der Waals surface area (Å²) in [7, 11) is -7.50. The number of pyridine rings is 2. The highest BCUT2D eigenvalue weighted by molar-refractivity contribution is 7.89. The second-order valence-corrected chi connectivity index (χ2v) is 22.1. The zero-order valence-electron chi connectivity index (χ0n) is 37.9. The summed E-state index contributed by atoms with van der Waals surface area (Å²) in [5.41, 5.74) is 22.7. The van der Waals surface area contributed by atoms with Gasteiger partial charge in [0.25, 0.3) is 0 Å². The van der Waals surface area contributed by atoms with E-state index in [2.05, 4.69) is 42.0 Å². The summed E-state index contributed by atoms with van der Waals surface area (Å²) in [5.74, 6) is 1.80. The van der Waals surface area contributed by atoms with Crippen LogP contribution in [0.15, 0.2) is 58.3 Å². The number of hydrogen-bond donors (Lipinski definition) is 6. The van der Waals surface area contributed by atoms with Gasteiger partial charge in [0, 0.05) is 69.3 Å². The Morgan fingerprint density at radius 1 is 0.642 bits per heavy atom. The van der Waals surface area contributed by atoms with Crippen molar-refractivity contribution in [3.63, 3.8) is 0 Å². The lowest BCUT2D eigenvalue weighted by Gasteiger charge is -2.32. The monoisotopic (exact) mass is 946 g/mol. The first-order valence-electron chi connectivity index (χ1n) is 23.2. The maximum atomic E-state index is 13.5. The van der Waals surface area contributed by atoms with E-state index in [-0.39, 0.29) is 34.3 Å². The summed E-state index contributed by atoms with van der Waals surface area (Å²) in [5, 5.41) is 13.9. The molecule has 2 saturated heterocycles. The van der Waals surface area contributed by atoms with E-state index < -0.39 is 20.0 Å². The number of hydrogen-bond acceptors (Lipinski definition) is 16. The average molecular weight is 947 g/mol. The van der Waals surface area contributed by atoms with Crippen LogP contribution in [0.2, 0.25) is 0 Å². The zero-order chi connectivity index (χ0) is 46.6. The SMILES string of the molecule is Cc1c2c(nc3nc(NC4CCN(Cc5ccc(S(=O)(=O)NCC6Cc7nc8nc(NC9CCN(Cc%10cccc(S(N)(=O)=O)c%10)CC9)nc(N)c8c(C)c7C6)cc5)CC4)nc(N)c13)CCC2. The van der Waals surface area contributed by atoms with Gasteiger partial charge in [0.15, 0.2) is 11.3 Å². The van der Waals surface area contributed by atoms with Gasteiger partial charge < -0.3 is 22.1 Å². The molecule has 9 N–H and O–H groups in total. The lowest BCUT2D eigenvalue weighted by Crippen LogP contribution is -2.39. The van der Waals surface area contributed by atoms with Crippen LogP contribution >= 0.6 is 0 Å². The van der Waals surface area contributed by atoms with E-state index in [1.54, 1.807) is 24.3 Å². The molecule has 0 radical (unpaired) electrons. The van der Waals surface area contributed by atoms with Crippen LogP contribution in [0, 0.1) is 19.8 Å². The van der Waals surface area contributed by atoms with Gasteiger partial charge >= 0.3 is 0 Å². The number of nitrogen functional groups attached to an aromatic ring is 2. The van der Waals surface area contributed by atoms with Crippen LogP contribution in [0.4, 0.5) is 23.5 Å². The fourth-order valence-corrected chi connectivity index (χ4v) is 12.2. The Labute approximate surface area is 391 Å². The van der Waals surface area contributed by atoms with Crippen molar-refractivity contribution in [2.24, 2.45) is 11.1 Å². The summed E-state index contributed by atoms with van der Waals surface area (Å²) in [6.45, 7) is 9.11. The maximum Gasteiger partial charge on any atom is 0.240 e. The van der Waals surface area contributed by atoms with Crippen LogP contribution in [-0.2, 0) is 58.8 Å². The number of rotatable bonds is 13. The number of fused-ring (bicyclic) bond motifs is 4. The number of nitrogens with one attached hydrogen (secondary N) is 3. The number of benzene rings is 2. The van der Waals surface area contributed by atoms with Gasteiger partial charge in [-0.2, -0.15) is 19.9 Å². The second-order valence-electron chi connectivity index (χ2n) is 18.8. The molecular weight excluding hydrogens is 889 g/mol. The van der Waals surface area contributed by atoms with E-state index in [0.29, 0.717) is 54.2 Å². The number of primary sulfonamides is 1. The first-order chi connectivity index (χ1) is 32.1. The Morgan fingerprint density at radius 3 is 1.81 bits per heavy atom. The number of nitrogens with two attached hydrogens (primary N) is 3. The van der Waals surface area contributed by atoms with Crippen LogP contribution in [0.3, 0.4) is 0 Å². The van der Waals surface area contributed by atoms with Gasteiger partial charge in [0.1, 0.15) is 11.6 Å². The van der Waals surface area contributed by atoms with E-state index >= 15 is 0 Å². The molecule has 0 spiro atoms. The molecule has 2 aliphatic heterocycles. The second kappa shape index (κ2) is 18.1. The van der Waals surface area contributed by atoms with Crippen molar-refractivity contribution in [3.05, 3.63) is 93.3 Å². The fraction of sp³-hybridized carbons (Fsp3) is 0.447. The molecule has 10 rings (SSSR count). The molecule has 20 heteroatoms. The topological polar surface area (TPSA) is 266 Å². The van der Waals surface area contributed by atoms with Gasteiger partial charge in [-0.15, -0.1) is 0 Å². The van der Waals surface area contributed by atoms with Gasteiger partial charge in [-0.05, 0) is 135 Å². The molecule has 2 aliphatic carbocycles. The van der Waals surface area contributed by atoms with Crippen molar-refractivity contribution < 1.29 is 16.8 Å². The van der Waals surface area contributed by atoms with Crippen molar-refractivity contribution in [1.82, 2.24) is 44.4 Å². The predicted octanol–water partition coefficient (Wildman–Crippen LogP) is 4.13. The molecular formula is C47H58N14O4S2. The van der Waals surface area contributed by atoms with Gasteiger partial charge in [0.2, 0.25) is 31.9 Å². The molecule has 67 heavy (non-hydrogen) atoms. The quantitative estimate of drug-likeness (QED) is 0.0951. The van der Waals surface area contributed by atoms with E-state index in [0.717, 1.165) is 128 Å². The number of nitrogens with zero attached hydrogens (tertiary/aromatic N) is 8. The standard InChI is InChI=1S/C47H58N14O4S2/c1-27-36-7-4-8-38(36)54-44-40(27)42(48)56-46(58-44)52-32-13-17-60(18-14-32)25-29-9-11-34(12-10-29)67(64,65)51-24-31-22-37-28(2)41-43(49)57-47(59-45(41)55-39(37)23-31)53-33-15-19-61(20-16-33)26-30-5-3-6-35(21-30)66(50,62)63/h3,5-6,9-12,21,31-33,51H,4,7-8,13-20,22-26H2,1-2H3,(H2,50,62,63)(H3,48,52,54,56,58)(H3,49,53,55,57,59). The number of piperidine rings is 2. The minimum Gasteiger partial charge on any atom is -0.383 e. The third-order valence-corrected chi connectivity index (χ3v) is 16.5. The van der Waals surface area contributed by atoms with Gasteiger partial charge in [-0.25, -0.2) is 36.7 Å². The molecule has 4 aromatic heterocycles. The fourth-order valence-electron chi connectivity index (χ4n) is 10.5. The highest BCUT2D eigenvalue weighted by Gasteiger charge is 2.30. The Morgan fingerprint density at radius 2 is 1.21 bits per heavy atom. The zero-order valence-corrected chi connectivity index (χ0v) is 39.6. The Hall–Kier alpha value is -5.64. The summed E-state index contributed by atoms with van der Waals surface area (Å²) >= 11 is 0. The summed E-state index contributed by atoms with van der Waals surface area (Å²) < 4.78 is 53.5. The Kier molecular flexibility index (Phi) is 12.2. The Bertz CT molecular complexity index is 3100. The molecule has 0 amide bonds. The van der Waals surface area contributed by atoms with Crippen molar-refractivity contribution in [3.8, 4) is 0 Å². The molecule has 352 valence electrons. The Balaban J connectivity index is 0.698. The largest absolute Gasteiger partial charge is 0.383 e. The minimum atomic E-state index is -3.76. The molecule has 0 saturated carbocycles. The number of aryl methyl sites for hydroxylation is 3. The van der Waals surface area contributed by atoms with Crippen molar-refractivity contribution >= 4 is 65.6 Å². The molecule has 6 heterocycles. The van der Waals surface area contributed by atoms with Crippen molar-refractivity contribution in [1.29, 1.82) is 0 Å². The van der Waals surface area contributed by atoms with Crippen LogP contribution in [0.1, 0.15) is 76.9 Å². The number of aromatic nitrogens is 6. The van der Waals surface area contributed by atoms with E-state index in [1.165, 1.54) is 11.6 Å². The lowest BCUT2D eigenvalue weighted by atomic mass is 10.0. The first kappa shape index (κ1) is 45.2. The van der Waals surface area contributed by atoms with Gasteiger partial charge in [-0.3, -0.25) is 9.80 Å². The molecule has 6 aromatic rings. The maximum absolute atomic E-state index is 13.5. The highest BCUT2D eigenvalue weighted by atomic mass is 32.2. The van der Waals surface area contributed by atoms with E-state index in [1.807, 2.05) is 25.1 Å². The number of sulfonamides is 2. The van der Waals surface area contributed by atoms with Gasteiger partial charge in [0.05, 0.1) is 20.6 Å². The molecule has 2 aromatic carbocycles. The van der Waals surface area contributed by atoms with E-state index in [4.69, 9.17) is 36.5 Å². The molecule has 0 bridgehead atoms. The lowest BCUT2D eigenvalue weighted by molar-refractivity contribution is 0.211. The normalized spacial score (nSPS) is 18.7. The summed E-state index contributed by atoms with van der Waals surface area (Å²) in [6, 6.07) is 14.3. The molecule has 1 atom stereocenters. The molecule has 1 unspecified atom stereocenters. The van der Waals surface area contributed by atoms with Crippen LogP contribution in [0.25, 0.3) is 22.1 Å². The molecule has 2 fully saturated rings. The van der Waals surface area contributed by atoms with Crippen molar-refractivity contribution in [2.75, 3.05) is 54.8 Å². The minimum absolute atomic E-state index is 0.0234. The third kappa shape index (κ3) is 9.60. The van der Waals surface area contributed by atoms with Crippen LogP contribution in [0.5, 0.6) is 0 Å². The molecule has 18 nitrogen and oxygen atoms in total. The van der Waals surface area contributed by atoms with Crippen LogP contribution in [-0.4, -0.2) is 101 Å². The van der Waals surface area contributed by atoms with Crippen LogP contribution < -0.4 is 32.0 Å². The van der Waals surface area contributed by atoms with Gasteiger partial charge in [-0.1, -0.05) is 24.3 Å². The molecule has 4 aliphatic rings. The number of likely N-dealkylation sites (tertiary alicyclic amines) is 2. The van der Waals surface area contributed by atoms with E-state index in [9.17, 15) is 16.8 Å².